The number of hydrogen-bond donors (Lipinski definition) is 3. The zero-order valence-corrected chi connectivity index (χ0v) is 16.5. The molecule has 142 valence electrons. The third-order valence-corrected chi connectivity index (χ3v) is 4.25. The van der Waals surface area contributed by atoms with Crippen LogP contribution in [0.2, 0.25) is 0 Å². The number of carbonyl (C=O) groups is 2. The number of nitrogens with zero attached hydrogens (tertiary/aromatic N) is 1. The fraction of sp³-hybridized carbons (Fsp3) is 0.167. The number of carbonyl (C=O) groups excluding carboxylic acids is 2. The number of ether oxygens (including phenoxy) is 1. The van der Waals surface area contributed by atoms with E-state index in [2.05, 4.69) is 15.8 Å². The molecular weight excluding hydrogens is 468 g/mol. The number of amides is 2. The molecule has 0 aliphatic carbocycles. The first-order chi connectivity index (χ1) is 12.9. The standard InChI is InChI=1S/C18H17FIN3O4/c1-27-15-9-11(8-14(20)17(15)25)10-22-23-16(24)6-7-21-18(26)12-4-2-3-5-13(12)19/h2-5,8-10,25H,6-7H2,1H3,(H,21,26)(H,23,24)/b22-10+. The lowest BCUT2D eigenvalue weighted by molar-refractivity contribution is -0.120. The van der Waals surface area contributed by atoms with Crippen molar-refractivity contribution in [3.05, 3.63) is 56.9 Å². The van der Waals surface area contributed by atoms with E-state index in [1.807, 2.05) is 22.6 Å². The largest absolute Gasteiger partial charge is 0.504 e. The first kappa shape index (κ1) is 20.6. The van der Waals surface area contributed by atoms with E-state index in [1.165, 1.54) is 31.5 Å². The van der Waals surface area contributed by atoms with Crippen molar-refractivity contribution in [1.82, 2.24) is 10.7 Å². The second kappa shape index (κ2) is 9.86. The molecule has 0 saturated carbocycles. The Balaban J connectivity index is 1.81. The lowest BCUT2D eigenvalue weighted by Gasteiger charge is -2.06. The topological polar surface area (TPSA) is 100 Å². The molecule has 2 amide bonds. The molecule has 0 unspecified atom stereocenters. The molecule has 0 aromatic heterocycles. The minimum atomic E-state index is -0.622. The van der Waals surface area contributed by atoms with Gasteiger partial charge in [0.05, 0.1) is 22.5 Å². The van der Waals surface area contributed by atoms with Crippen LogP contribution in [0, 0.1) is 9.39 Å². The van der Waals surface area contributed by atoms with Crippen molar-refractivity contribution >= 4 is 40.6 Å². The normalized spacial score (nSPS) is 10.6. The van der Waals surface area contributed by atoms with Gasteiger partial charge in [0.1, 0.15) is 5.82 Å². The van der Waals surface area contributed by atoms with Gasteiger partial charge >= 0.3 is 0 Å². The maximum atomic E-state index is 13.5. The van der Waals surface area contributed by atoms with Gasteiger partial charge in [-0.3, -0.25) is 9.59 Å². The van der Waals surface area contributed by atoms with E-state index in [1.54, 1.807) is 18.2 Å². The summed E-state index contributed by atoms with van der Waals surface area (Å²) in [5.41, 5.74) is 2.88. The van der Waals surface area contributed by atoms with Crippen molar-refractivity contribution < 1.29 is 23.8 Å². The molecule has 9 heteroatoms. The van der Waals surface area contributed by atoms with Crippen LogP contribution in [0.15, 0.2) is 41.5 Å². The fourth-order valence-electron chi connectivity index (χ4n) is 2.09. The highest BCUT2D eigenvalue weighted by atomic mass is 127. The molecule has 2 aromatic carbocycles. The molecule has 27 heavy (non-hydrogen) atoms. The number of nitrogens with one attached hydrogen (secondary N) is 2. The van der Waals surface area contributed by atoms with Gasteiger partial charge < -0.3 is 15.2 Å². The van der Waals surface area contributed by atoms with Crippen molar-refractivity contribution in [2.24, 2.45) is 5.10 Å². The van der Waals surface area contributed by atoms with Gasteiger partial charge in [0.25, 0.3) is 5.91 Å². The van der Waals surface area contributed by atoms with E-state index in [4.69, 9.17) is 4.74 Å². The van der Waals surface area contributed by atoms with E-state index in [0.717, 1.165) is 0 Å². The van der Waals surface area contributed by atoms with Crippen LogP contribution in [-0.4, -0.2) is 36.8 Å². The number of hydrazone groups is 1. The lowest BCUT2D eigenvalue weighted by atomic mass is 10.2. The first-order valence-corrected chi connectivity index (χ1v) is 8.91. The molecule has 7 nitrogen and oxygen atoms in total. The highest BCUT2D eigenvalue weighted by Crippen LogP contribution is 2.31. The predicted molar refractivity (Wildman–Crippen MR) is 106 cm³/mol. The molecule has 0 saturated heterocycles. The average Bonchev–Trinajstić information content (AvgIpc) is 2.64. The Morgan fingerprint density at radius 2 is 2.07 bits per heavy atom. The summed E-state index contributed by atoms with van der Waals surface area (Å²) in [4.78, 5) is 23.6. The zero-order chi connectivity index (χ0) is 19.8. The summed E-state index contributed by atoms with van der Waals surface area (Å²) in [6.07, 6.45) is 1.38. The Morgan fingerprint density at radius 3 is 2.78 bits per heavy atom. The maximum Gasteiger partial charge on any atom is 0.254 e. The Bertz CT molecular complexity index is 874. The molecule has 2 rings (SSSR count). The van der Waals surface area contributed by atoms with Crippen molar-refractivity contribution in [2.45, 2.75) is 6.42 Å². The summed E-state index contributed by atoms with van der Waals surface area (Å²) in [7, 11) is 1.43. The maximum absolute atomic E-state index is 13.5. The van der Waals surface area contributed by atoms with Gasteiger partial charge in [-0.2, -0.15) is 5.10 Å². The van der Waals surface area contributed by atoms with Gasteiger partial charge in [-0.15, -0.1) is 0 Å². The van der Waals surface area contributed by atoms with Gasteiger partial charge in [0, 0.05) is 13.0 Å². The van der Waals surface area contributed by atoms with E-state index >= 15 is 0 Å². The molecule has 0 atom stereocenters. The fourth-order valence-corrected chi connectivity index (χ4v) is 2.71. The Labute approximate surface area is 168 Å². The number of rotatable bonds is 7. The molecular formula is C18H17FIN3O4. The van der Waals surface area contributed by atoms with Crippen molar-refractivity contribution in [3.8, 4) is 11.5 Å². The number of benzene rings is 2. The summed E-state index contributed by atoms with van der Waals surface area (Å²) in [5.74, 6) is -1.30. The molecule has 0 fully saturated rings. The monoisotopic (exact) mass is 485 g/mol. The number of hydrogen-bond acceptors (Lipinski definition) is 5. The summed E-state index contributed by atoms with van der Waals surface area (Å²) < 4.78 is 19.1. The lowest BCUT2D eigenvalue weighted by Crippen LogP contribution is -2.29. The SMILES string of the molecule is COc1cc(/C=N/NC(=O)CCNC(=O)c2ccccc2F)cc(I)c1O. The number of phenols is 1. The highest BCUT2D eigenvalue weighted by molar-refractivity contribution is 14.1. The minimum absolute atomic E-state index is 0.0199. The van der Waals surface area contributed by atoms with Crippen LogP contribution in [0.1, 0.15) is 22.3 Å². The van der Waals surface area contributed by atoms with E-state index < -0.39 is 17.6 Å². The summed E-state index contributed by atoms with van der Waals surface area (Å²) in [6, 6.07) is 8.84. The van der Waals surface area contributed by atoms with Gasteiger partial charge in [0.2, 0.25) is 5.91 Å². The highest BCUT2D eigenvalue weighted by Gasteiger charge is 2.11. The second-order valence-electron chi connectivity index (χ2n) is 5.33. The van der Waals surface area contributed by atoms with Crippen LogP contribution in [0.25, 0.3) is 0 Å². The van der Waals surface area contributed by atoms with Crippen molar-refractivity contribution in [1.29, 1.82) is 0 Å². The van der Waals surface area contributed by atoms with Crippen molar-refractivity contribution in [3.63, 3.8) is 0 Å². The Morgan fingerprint density at radius 1 is 1.33 bits per heavy atom. The van der Waals surface area contributed by atoms with E-state index in [-0.39, 0.29) is 24.3 Å². The molecule has 3 N–H and O–H groups in total. The smallest absolute Gasteiger partial charge is 0.254 e. The van der Waals surface area contributed by atoms with Crippen LogP contribution < -0.4 is 15.5 Å². The molecule has 0 bridgehead atoms. The average molecular weight is 485 g/mol. The minimum Gasteiger partial charge on any atom is -0.504 e. The van der Waals surface area contributed by atoms with Crippen LogP contribution in [0.5, 0.6) is 11.5 Å². The van der Waals surface area contributed by atoms with Crippen LogP contribution in [-0.2, 0) is 4.79 Å². The van der Waals surface area contributed by atoms with E-state index in [9.17, 15) is 19.1 Å². The van der Waals surface area contributed by atoms with Crippen molar-refractivity contribution in [2.75, 3.05) is 13.7 Å². The molecule has 0 aliphatic heterocycles. The molecule has 2 aromatic rings. The number of methoxy groups -OCH3 is 1. The van der Waals surface area contributed by atoms with Gasteiger partial charge in [-0.1, -0.05) is 12.1 Å². The second-order valence-corrected chi connectivity index (χ2v) is 6.49. The summed E-state index contributed by atoms with van der Waals surface area (Å²) in [6.45, 7) is 0.0411. The third kappa shape index (κ3) is 5.91. The van der Waals surface area contributed by atoms with E-state index in [0.29, 0.717) is 14.9 Å². The molecule has 0 aliphatic rings. The molecule has 0 radical (unpaired) electrons. The van der Waals surface area contributed by atoms with Crippen LogP contribution in [0.4, 0.5) is 4.39 Å². The predicted octanol–water partition coefficient (Wildman–Crippen LogP) is 2.41. The third-order valence-electron chi connectivity index (χ3n) is 3.43. The Kier molecular flexibility index (Phi) is 7.53. The zero-order valence-electron chi connectivity index (χ0n) is 14.3. The quantitative estimate of drug-likeness (QED) is 0.319. The van der Waals surface area contributed by atoms with Gasteiger partial charge in [-0.05, 0) is 52.4 Å². The molecule has 0 heterocycles. The first-order valence-electron chi connectivity index (χ1n) is 7.83. The molecule has 0 spiro atoms. The van der Waals surface area contributed by atoms with Crippen LogP contribution in [0.3, 0.4) is 0 Å². The van der Waals surface area contributed by atoms with Gasteiger partial charge in [0.15, 0.2) is 11.5 Å². The number of phenolic OH excluding ortho intramolecular Hbond substituents is 1. The number of aromatic hydroxyl groups is 1. The number of halogens is 2. The summed E-state index contributed by atoms with van der Waals surface area (Å²) in [5, 5.41) is 16.1. The van der Waals surface area contributed by atoms with Crippen LogP contribution >= 0.6 is 22.6 Å². The summed E-state index contributed by atoms with van der Waals surface area (Å²) >= 11 is 1.95. The van der Waals surface area contributed by atoms with Gasteiger partial charge in [-0.25, -0.2) is 9.82 Å². The Hall–Kier alpha value is -2.69.